The highest BCUT2D eigenvalue weighted by atomic mass is 28.4. The number of allylic oxidation sites excluding steroid dienone is 2. The Morgan fingerprint density at radius 3 is 1.39 bits per heavy atom. The predicted octanol–water partition coefficient (Wildman–Crippen LogP) is 11.4. The van der Waals surface area contributed by atoms with Gasteiger partial charge >= 0.3 is 0 Å². The van der Waals surface area contributed by atoms with E-state index in [4.69, 9.17) is 4.43 Å². The number of para-hydroxylation sites is 4. The number of aliphatic hydroxyl groups is 1. The molecule has 4 aliphatic rings. The van der Waals surface area contributed by atoms with Gasteiger partial charge < -0.3 is 28.6 Å². The zero-order chi connectivity index (χ0) is 47.4. The van der Waals surface area contributed by atoms with Crippen molar-refractivity contribution in [1.29, 1.82) is 0 Å². The summed E-state index contributed by atoms with van der Waals surface area (Å²) in [6.07, 6.45) is 9.21. The lowest BCUT2D eigenvalue weighted by molar-refractivity contribution is 0.0864. The van der Waals surface area contributed by atoms with Crippen LogP contribution >= 0.6 is 0 Å². The van der Waals surface area contributed by atoms with Gasteiger partial charge in [-0.15, -0.1) is 0 Å². The molecule has 10 aromatic rings. The van der Waals surface area contributed by atoms with Crippen LogP contribution in [0.15, 0.2) is 121 Å². The number of carbonyl (C=O) groups excluding carboxylic acids is 4. The molecule has 13 heteroatoms. The number of amides is 4. The van der Waals surface area contributed by atoms with E-state index in [-0.39, 0.29) is 46.9 Å². The lowest BCUT2D eigenvalue weighted by Crippen LogP contribution is -2.43. The molecule has 0 fully saturated rings. The Bertz CT molecular complexity index is 4040. The summed E-state index contributed by atoms with van der Waals surface area (Å²) in [5.41, 5.74) is 9.29. The van der Waals surface area contributed by atoms with Crippen LogP contribution in [0.2, 0.25) is 18.1 Å². The van der Waals surface area contributed by atoms with Gasteiger partial charge in [0.1, 0.15) is 0 Å². The van der Waals surface area contributed by atoms with E-state index in [9.17, 15) is 24.3 Å². The van der Waals surface area contributed by atoms with Gasteiger partial charge in [-0.25, -0.2) is 0 Å². The maximum atomic E-state index is 13.3. The topological polar surface area (TPSA) is 163 Å². The summed E-state index contributed by atoms with van der Waals surface area (Å²) in [7, 11) is -1.95. The first kappa shape index (κ1) is 41.6. The number of aliphatic hydroxyl groups excluding tert-OH is 1. The van der Waals surface area contributed by atoms with Crippen molar-refractivity contribution in [2.75, 3.05) is 0 Å². The summed E-state index contributed by atoms with van der Waals surface area (Å²) in [6.45, 7) is 11.4. The van der Waals surface area contributed by atoms with Crippen LogP contribution in [0.3, 0.4) is 0 Å². The number of hydrogen-bond acceptors (Lipinski definition) is 6. The highest BCUT2D eigenvalue weighted by Gasteiger charge is 2.42. The molecule has 69 heavy (non-hydrogen) atoms. The first-order chi connectivity index (χ1) is 33.2. The molecule has 0 saturated heterocycles. The zero-order valence-electron chi connectivity index (χ0n) is 38.7. The largest absolute Gasteiger partial charge is 0.410 e. The SMILES string of the molecule is CC(C)(C)[Si](C)(C)O[C@@H]1C=CC(n2c3ccccc3c3c4c(c5c6ccccc6[nH]c5c32)C(=O)NC4=O)C1.O=C1NC(=O)c2c1c1c3ccccc3[nH]c1c1c2c2ccccc2n1C1C=C[C@@H](O)C1. The molecule has 12 nitrogen and oxygen atoms in total. The van der Waals surface area contributed by atoms with Gasteiger partial charge in [-0.1, -0.05) is 118 Å². The molecule has 0 radical (unpaired) electrons. The minimum Gasteiger partial charge on any atom is -0.410 e. The summed E-state index contributed by atoms with van der Waals surface area (Å²) >= 11 is 0. The molecule has 5 N–H and O–H groups in total. The average Bonchev–Trinajstić information content (AvgIpc) is 4.20. The van der Waals surface area contributed by atoms with Gasteiger partial charge in [0.25, 0.3) is 23.6 Å². The van der Waals surface area contributed by atoms with Gasteiger partial charge in [-0.2, -0.15) is 0 Å². The number of nitrogens with zero attached hydrogens (tertiary/aromatic N) is 2. The van der Waals surface area contributed by atoms with Crippen LogP contribution < -0.4 is 10.6 Å². The molecule has 4 amide bonds. The molecule has 6 heterocycles. The average molecular weight is 929 g/mol. The number of rotatable bonds is 4. The van der Waals surface area contributed by atoms with Gasteiger partial charge in [0.05, 0.1) is 68.6 Å². The third-order valence-corrected chi connectivity index (χ3v) is 20.0. The number of imide groups is 2. The Labute approximate surface area is 395 Å². The quantitative estimate of drug-likeness (QED) is 0.0670. The molecule has 6 aromatic carbocycles. The maximum Gasteiger partial charge on any atom is 0.259 e. The Hall–Kier alpha value is -7.58. The number of nitrogens with one attached hydrogen (secondary N) is 4. The normalized spacial score (nSPS) is 20.2. The first-order valence-corrected chi connectivity index (χ1v) is 26.5. The molecule has 342 valence electrons. The van der Waals surface area contributed by atoms with Crippen LogP contribution in [0.25, 0.3) is 87.2 Å². The van der Waals surface area contributed by atoms with Crippen molar-refractivity contribution >= 4 is 119 Å². The van der Waals surface area contributed by atoms with Crippen molar-refractivity contribution in [1.82, 2.24) is 29.7 Å². The monoisotopic (exact) mass is 928 g/mol. The molecular weight excluding hydrogens is 881 g/mol. The first-order valence-electron chi connectivity index (χ1n) is 23.6. The summed E-state index contributed by atoms with van der Waals surface area (Å²) in [6, 6.07) is 32.0. The van der Waals surface area contributed by atoms with Crippen molar-refractivity contribution in [3.63, 3.8) is 0 Å². The number of aromatic amines is 2. The fourth-order valence-corrected chi connectivity index (χ4v) is 12.9. The molecule has 2 aliphatic carbocycles. The Kier molecular flexibility index (Phi) is 8.72. The molecule has 0 bridgehead atoms. The molecule has 4 aromatic heterocycles. The van der Waals surface area contributed by atoms with Gasteiger partial charge in [-0.05, 0) is 42.4 Å². The number of H-pyrrole nitrogens is 2. The Morgan fingerprint density at radius 2 is 0.942 bits per heavy atom. The highest BCUT2D eigenvalue weighted by Crippen LogP contribution is 2.48. The highest BCUT2D eigenvalue weighted by molar-refractivity contribution is 6.74. The maximum absolute atomic E-state index is 13.3. The van der Waals surface area contributed by atoms with Crippen LogP contribution in [-0.4, -0.2) is 68.4 Å². The summed E-state index contributed by atoms with van der Waals surface area (Å²) in [5, 5.41) is 22.4. The minimum atomic E-state index is -1.95. The minimum absolute atomic E-state index is 0.0367. The van der Waals surface area contributed by atoms with E-state index in [1.165, 1.54) is 0 Å². The van der Waals surface area contributed by atoms with Crippen LogP contribution in [-0.2, 0) is 4.43 Å². The van der Waals surface area contributed by atoms with Gasteiger partial charge in [-0.3, -0.25) is 29.8 Å². The standard InChI is InChI=1S/C31H31N3O3Si.C25H17N3O3/c1-31(2,3)38(4,5)37-18-15-14-17(16-18)34-22-13-9-7-11-20(22)24-26-25(29(35)33-30(26)36)23-19-10-6-8-12-21(19)32-27(23)28(24)34;29-13-10-9-12(11-13)28-17-8-4-2-6-15(17)19-21-20(24(30)27-25(21)31)18-14-5-1-3-7-16(14)26-22(18)23(19)28/h6-15,17-18,32H,16H2,1-5H3,(H,33,35,36);1-10,12-13,26,29H,11H2,(H,27,30,31)/t17?,18-;12?,13-/m11/s1. The van der Waals surface area contributed by atoms with Crippen LogP contribution in [0, 0.1) is 0 Å². The fraction of sp³-hybridized carbons (Fsp3) is 0.214. The number of carbonyl (C=O) groups is 4. The van der Waals surface area contributed by atoms with E-state index < -0.39 is 14.4 Å². The van der Waals surface area contributed by atoms with Crippen molar-refractivity contribution in [3.05, 3.63) is 144 Å². The summed E-state index contributed by atoms with van der Waals surface area (Å²) < 4.78 is 11.3. The van der Waals surface area contributed by atoms with E-state index >= 15 is 0 Å². The van der Waals surface area contributed by atoms with Crippen molar-refractivity contribution in [2.24, 2.45) is 0 Å². The van der Waals surface area contributed by atoms with Crippen LogP contribution in [0.4, 0.5) is 0 Å². The third kappa shape index (κ3) is 5.81. The number of fused-ring (bicyclic) bond motifs is 20. The zero-order valence-corrected chi connectivity index (χ0v) is 39.7. The molecule has 14 rings (SSSR count). The second-order valence-electron chi connectivity index (χ2n) is 20.5. The fourth-order valence-electron chi connectivity index (χ4n) is 11.6. The van der Waals surface area contributed by atoms with Gasteiger partial charge in [0.15, 0.2) is 8.32 Å². The van der Waals surface area contributed by atoms with Gasteiger partial charge in [0, 0.05) is 78.0 Å². The molecule has 0 spiro atoms. The van der Waals surface area contributed by atoms with Crippen molar-refractivity contribution in [3.8, 4) is 0 Å². The lowest BCUT2D eigenvalue weighted by Gasteiger charge is -2.38. The molecule has 0 saturated carbocycles. The predicted molar refractivity (Wildman–Crippen MR) is 275 cm³/mol. The van der Waals surface area contributed by atoms with E-state index in [2.05, 4.69) is 87.9 Å². The van der Waals surface area contributed by atoms with E-state index in [1.54, 1.807) is 0 Å². The van der Waals surface area contributed by atoms with E-state index in [1.807, 2.05) is 97.1 Å². The molecular formula is C56H48N6O6Si. The summed E-state index contributed by atoms with van der Waals surface area (Å²) in [5.74, 6) is -1.37. The van der Waals surface area contributed by atoms with Gasteiger partial charge in [0.2, 0.25) is 0 Å². The van der Waals surface area contributed by atoms with Crippen LogP contribution in [0.5, 0.6) is 0 Å². The molecule has 2 unspecified atom stereocenters. The second-order valence-corrected chi connectivity index (χ2v) is 25.2. The van der Waals surface area contributed by atoms with Crippen LogP contribution in [0.1, 0.15) is 87.1 Å². The molecule has 2 aliphatic heterocycles. The number of benzene rings is 6. The van der Waals surface area contributed by atoms with Crippen molar-refractivity contribution < 1.29 is 28.7 Å². The smallest absolute Gasteiger partial charge is 0.259 e. The molecule has 4 atom stereocenters. The van der Waals surface area contributed by atoms with Crippen molar-refractivity contribution in [2.45, 2.75) is 76.0 Å². The number of aromatic nitrogens is 4. The summed E-state index contributed by atoms with van der Waals surface area (Å²) in [4.78, 5) is 59.5. The second kappa shape index (κ2) is 14.5. The Morgan fingerprint density at radius 1 is 0.536 bits per heavy atom. The Balaban J connectivity index is 0.000000138. The lowest BCUT2D eigenvalue weighted by atomic mass is 9.96. The van der Waals surface area contributed by atoms with E-state index in [0.717, 1.165) is 93.6 Å². The van der Waals surface area contributed by atoms with E-state index in [0.29, 0.717) is 28.7 Å². The third-order valence-electron chi connectivity index (χ3n) is 15.5. The number of hydrogen-bond donors (Lipinski definition) is 5.